The maximum Gasteiger partial charge on any atom is 0.245 e. The maximum absolute atomic E-state index is 12.5. The third-order valence-corrected chi connectivity index (χ3v) is 5.99. The Morgan fingerprint density at radius 1 is 1.06 bits per heavy atom. The van der Waals surface area contributed by atoms with Crippen LogP contribution in [0, 0.1) is 5.92 Å². The second-order valence-electron chi connectivity index (χ2n) is 8.14. The van der Waals surface area contributed by atoms with Crippen LogP contribution in [-0.4, -0.2) is 24.6 Å². The monoisotopic (exact) mass is 475 g/mol. The fourth-order valence-electron chi connectivity index (χ4n) is 3.70. The number of benzene rings is 3. The van der Waals surface area contributed by atoms with Crippen LogP contribution >= 0.6 is 11.6 Å². The largest absolute Gasteiger partial charge is 0.489 e. The molecule has 0 unspecified atom stereocenters. The lowest BCUT2D eigenvalue weighted by Crippen LogP contribution is -2.30. The quantitative estimate of drug-likeness (QED) is 0.369. The van der Waals surface area contributed by atoms with E-state index < -0.39 is 5.92 Å². The van der Waals surface area contributed by atoms with Crippen LogP contribution in [0.25, 0.3) is 0 Å². The molecule has 0 aliphatic carbocycles. The molecule has 6 nitrogen and oxygen atoms in total. The highest BCUT2D eigenvalue weighted by molar-refractivity contribution is 6.30. The highest BCUT2D eigenvalue weighted by atomic mass is 35.5. The molecule has 0 spiro atoms. The van der Waals surface area contributed by atoms with Gasteiger partial charge in [-0.1, -0.05) is 42.8 Å². The third kappa shape index (κ3) is 6.02. The van der Waals surface area contributed by atoms with E-state index in [1.54, 1.807) is 11.1 Å². The normalized spacial score (nSPS) is 15.6. The summed E-state index contributed by atoms with van der Waals surface area (Å²) in [5.41, 5.74) is 6.43. The van der Waals surface area contributed by atoms with Gasteiger partial charge in [0.25, 0.3) is 0 Å². The fourth-order valence-corrected chi connectivity index (χ4v) is 3.83. The van der Waals surface area contributed by atoms with Crippen molar-refractivity contribution in [1.29, 1.82) is 0 Å². The first-order valence-corrected chi connectivity index (χ1v) is 11.6. The van der Waals surface area contributed by atoms with Crippen LogP contribution in [0.4, 0.5) is 5.69 Å². The molecule has 34 heavy (non-hydrogen) atoms. The van der Waals surface area contributed by atoms with E-state index in [-0.39, 0.29) is 18.2 Å². The van der Waals surface area contributed by atoms with Crippen molar-refractivity contribution in [2.45, 2.75) is 26.4 Å². The Bertz CT molecular complexity index is 1160. The van der Waals surface area contributed by atoms with E-state index in [9.17, 15) is 9.59 Å². The number of hydrogen-bond donors (Lipinski definition) is 1. The van der Waals surface area contributed by atoms with Gasteiger partial charge in [0.05, 0.1) is 12.1 Å². The van der Waals surface area contributed by atoms with Crippen molar-refractivity contribution in [2.75, 3.05) is 11.4 Å². The number of carbonyl (C=O) groups excluding carboxylic acids is 2. The summed E-state index contributed by atoms with van der Waals surface area (Å²) < 4.78 is 5.77. The summed E-state index contributed by atoms with van der Waals surface area (Å²) in [5, 5.41) is 4.75. The number of anilines is 1. The lowest BCUT2D eigenvalue weighted by Gasteiger charge is -2.16. The molecule has 0 aromatic heterocycles. The maximum atomic E-state index is 12.5. The number of nitrogens with zero attached hydrogens (tertiary/aromatic N) is 2. The molecule has 7 heteroatoms. The highest BCUT2D eigenvalue weighted by Crippen LogP contribution is 2.25. The summed E-state index contributed by atoms with van der Waals surface area (Å²) >= 11 is 5.90. The van der Waals surface area contributed by atoms with E-state index in [1.165, 1.54) is 5.56 Å². The van der Waals surface area contributed by atoms with Crippen molar-refractivity contribution >= 4 is 35.3 Å². The second kappa shape index (κ2) is 11.0. The average molecular weight is 476 g/mol. The molecule has 1 saturated heterocycles. The van der Waals surface area contributed by atoms with Crippen molar-refractivity contribution in [2.24, 2.45) is 11.0 Å². The van der Waals surface area contributed by atoms with Crippen LogP contribution < -0.4 is 15.1 Å². The van der Waals surface area contributed by atoms with Crippen LogP contribution in [0.2, 0.25) is 5.02 Å². The molecule has 3 aromatic rings. The Hall–Kier alpha value is -3.64. The van der Waals surface area contributed by atoms with Crippen molar-refractivity contribution in [3.05, 3.63) is 94.5 Å². The standard InChI is InChI=1S/C27H26ClN3O3/c1-2-19-5-11-24(12-6-19)31-17-22(15-26(31)32)27(33)30-29-16-20-7-13-25(14-8-20)34-18-21-3-9-23(28)10-4-21/h3-14,16,22H,2,15,17-18H2,1H3,(H,30,33)/b29-16+/t22-/m0/s1. The van der Waals surface area contributed by atoms with Gasteiger partial charge >= 0.3 is 0 Å². The zero-order valence-electron chi connectivity index (χ0n) is 18.9. The minimum Gasteiger partial charge on any atom is -0.489 e. The summed E-state index contributed by atoms with van der Waals surface area (Å²) in [4.78, 5) is 26.6. The number of carbonyl (C=O) groups is 2. The average Bonchev–Trinajstić information content (AvgIpc) is 3.26. The summed E-state index contributed by atoms with van der Waals surface area (Å²) in [6.07, 6.45) is 2.69. The van der Waals surface area contributed by atoms with Crippen molar-refractivity contribution in [3.8, 4) is 5.75 Å². The number of aryl methyl sites for hydroxylation is 1. The van der Waals surface area contributed by atoms with E-state index in [4.69, 9.17) is 16.3 Å². The van der Waals surface area contributed by atoms with Crippen molar-refractivity contribution < 1.29 is 14.3 Å². The zero-order valence-corrected chi connectivity index (χ0v) is 19.7. The van der Waals surface area contributed by atoms with Crippen LogP contribution in [0.5, 0.6) is 5.75 Å². The Kier molecular flexibility index (Phi) is 7.60. The number of amides is 2. The molecule has 4 rings (SSSR count). The first-order valence-electron chi connectivity index (χ1n) is 11.2. The van der Waals surface area contributed by atoms with Crippen molar-refractivity contribution in [3.63, 3.8) is 0 Å². The van der Waals surface area contributed by atoms with Crippen molar-refractivity contribution in [1.82, 2.24) is 5.43 Å². The van der Waals surface area contributed by atoms with E-state index in [1.807, 2.05) is 72.8 Å². The third-order valence-electron chi connectivity index (χ3n) is 5.74. The first kappa shape index (κ1) is 23.5. The van der Waals surface area contributed by atoms with Gasteiger partial charge in [-0.25, -0.2) is 5.43 Å². The molecule has 1 heterocycles. The fraction of sp³-hybridized carbons (Fsp3) is 0.222. The lowest BCUT2D eigenvalue weighted by molar-refractivity contribution is -0.126. The van der Waals surface area contributed by atoms with Gasteiger partial charge in [-0.15, -0.1) is 0 Å². The molecule has 1 aliphatic heterocycles. The van der Waals surface area contributed by atoms with E-state index in [0.717, 1.165) is 29.0 Å². The van der Waals surface area contributed by atoms with Gasteiger partial charge in [0.1, 0.15) is 12.4 Å². The minimum absolute atomic E-state index is 0.0532. The molecular weight excluding hydrogens is 450 g/mol. The number of rotatable bonds is 8. The molecular formula is C27H26ClN3O3. The predicted octanol–water partition coefficient (Wildman–Crippen LogP) is 4.98. The minimum atomic E-state index is -0.431. The smallest absolute Gasteiger partial charge is 0.245 e. The van der Waals surface area contributed by atoms with E-state index in [2.05, 4.69) is 17.5 Å². The molecule has 2 amide bonds. The molecule has 1 atom stereocenters. The molecule has 0 bridgehead atoms. The second-order valence-corrected chi connectivity index (χ2v) is 8.58. The summed E-state index contributed by atoms with van der Waals surface area (Å²) in [5.74, 6) is -0.0189. The van der Waals surface area contributed by atoms with E-state index in [0.29, 0.717) is 18.2 Å². The van der Waals surface area contributed by atoms with Gasteiger partial charge in [-0.05, 0) is 71.6 Å². The summed E-state index contributed by atoms with van der Waals surface area (Å²) in [6, 6.07) is 22.8. The van der Waals surface area contributed by atoms with Gasteiger partial charge in [0.2, 0.25) is 11.8 Å². The Morgan fingerprint density at radius 3 is 2.41 bits per heavy atom. The molecule has 0 saturated carbocycles. The summed E-state index contributed by atoms with van der Waals surface area (Å²) in [7, 11) is 0. The van der Waals surface area contributed by atoms with E-state index >= 15 is 0 Å². The molecule has 1 fully saturated rings. The van der Waals surface area contributed by atoms with Crippen LogP contribution in [0.3, 0.4) is 0 Å². The van der Waals surface area contributed by atoms with Gasteiger partial charge < -0.3 is 9.64 Å². The Labute approximate surface area is 204 Å². The number of hydrogen-bond acceptors (Lipinski definition) is 4. The molecule has 1 aliphatic rings. The number of hydrazone groups is 1. The number of halogens is 1. The number of ether oxygens (including phenoxy) is 1. The summed E-state index contributed by atoms with van der Waals surface area (Å²) in [6.45, 7) is 2.88. The Balaban J connectivity index is 1.26. The zero-order chi connectivity index (χ0) is 23.9. The first-order chi connectivity index (χ1) is 16.5. The predicted molar refractivity (Wildman–Crippen MR) is 134 cm³/mol. The molecule has 3 aromatic carbocycles. The molecule has 174 valence electrons. The lowest BCUT2D eigenvalue weighted by atomic mass is 10.1. The van der Waals surface area contributed by atoms with Gasteiger partial charge in [0.15, 0.2) is 0 Å². The SMILES string of the molecule is CCc1ccc(N2C[C@@H](C(=O)N/N=C/c3ccc(OCc4ccc(Cl)cc4)cc3)CC2=O)cc1. The van der Waals surface area contributed by atoms with Crippen LogP contribution in [0.1, 0.15) is 30.0 Å². The number of nitrogens with one attached hydrogen (secondary N) is 1. The van der Waals surface area contributed by atoms with Gasteiger partial charge in [-0.3, -0.25) is 9.59 Å². The van der Waals surface area contributed by atoms with Gasteiger partial charge in [-0.2, -0.15) is 5.10 Å². The molecule has 0 radical (unpaired) electrons. The highest BCUT2D eigenvalue weighted by Gasteiger charge is 2.35. The van der Waals surface area contributed by atoms with Gasteiger partial charge in [0, 0.05) is 23.7 Å². The molecule has 1 N–H and O–H groups in total. The van der Waals surface area contributed by atoms with Crippen LogP contribution in [-0.2, 0) is 22.6 Å². The Morgan fingerprint density at radius 2 is 1.74 bits per heavy atom. The van der Waals surface area contributed by atoms with Crippen LogP contribution in [0.15, 0.2) is 77.9 Å². The topological polar surface area (TPSA) is 71.0 Å².